The first kappa shape index (κ1) is 12.2. The lowest BCUT2D eigenvalue weighted by Crippen LogP contribution is -2.03. The third-order valence-corrected chi connectivity index (χ3v) is 4.04. The van der Waals surface area contributed by atoms with Gasteiger partial charge in [-0.3, -0.25) is 4.68 Å². The highest BCUT2D eigenvalue weighted by Gasteiger charge is 2.30. The molecule has 0 aliphatic heterocycles. The average Bonchev–Trinajstić information content (AvgIpc) is 3.01. The van der Waals surface area contributed by atoms with Gasteiger partial charge in [0.1, 0.15) is 10.6 Å². The molecule has 0 unspecified atom stereocenters. The van der Waals surface area contributed by atoms with E-state index < -0.39 is 5.97 Å². The summed E-state index contributed by atoms with van der Waals surface area (Å²) in [6.45, 7) is 1.68. The van der Waals surface area contributed by atoms with E-state index >= 15 is 0 Å². The normalized spacial score (nSPS) is 14.8. The van der Waals surface area contributed by atoms with E-state index in [0.29, 0.717) is 21.9 Å². The summed E-state index contributed by atoms with van der Waals surface area (Å²) in [6.07, 6.45) is 2.13. The SMILES string of the molecule is Cc1nn(C)c(Sc2nnnn2C2CC2)c1C(=O)O. The van der Waals surface area contributed by atoms with Crippen LogP contribution in [0.15, 0.2) is 10.2 Å². The minimum Gasteiger partial charge on any atom is -0.478 e. The molecule has 0 radical (unpaired) electrons. The molecule has 1 fully saturated rings. The average molecular weight is 280 g/mol. The maximum atomic E-state index is 11.3. The monoisotopic (exact) mass is 280 g/mol. The van der Waals surface area contributed by atoms with Crippen molar-refractivity contribution >= 4 is 17.7 Å². The Morgan fingerprint density at radius 3 is 2.84 bits per heavy atom. The molecule has 0 atom stereocenters. The van der Waals surface area contributed by atoms with Crippen molar-refractivity contribution in [3.05, 3.63) is 11.3 Å². The number of hydrogen-bond acceptors (Lipinski definition) is 6. The summed E-state index contributed by atoms with van der Waals surface area (Å²) >= 11 is 1.24. The van der Waals surface area contributed by atoms with E-state index in [1.165, 1.54) is 11.8 Å². The maximum Gasteiger partial charge on any atom is 0.340 e. The maximum absolute atomic E-state index is 11.3. The van der Waals surface area contributed by atoms with Gasteiger partial charge in [-0.05, 0) is 42.0 Å². The lowest BCUT2D eigenvalue weighted by molar-refractivity contribution is 0.0692. The number of aromatic nitrogens is 6. The number of rotatable bonds is 4. The van der Waals surface area contributed by atoms with Gasteiger partial charge in [0.25, 0.3) is 0 Å². The van der Waals surface area contributed by atoms with Crippen LogP contribution in [-0.2, 0) is 7.05 Å². The highest BCUT2D eigenvalue weighted by atomic mass is 32.2. The van der Waals surface area contributed by atoms with E-state index in [4.69, 9.17) is 0 Å². The number of aromatic carboxylic acids is 1. The van der Waals surface area contributed by atoms with E-state index in [0.717, 1.165) is 12.8 Å². The number of tetrazole rings is 1. The summed E-state index contributed by atoms with van der Waals surface area (Å²) in [7, 11) is 1.72. The molecule has 1 saturated carbocycles. The summed E-state index contributed by atoms with van der Waals surface area (Å²) in [6, 6.07) is 0.347. The molecule has 9 heteroatoms. The van der Waals surface area contributed by atoms with Gasteiger partial charge in [0.05, 0.1) is 11.7 Å². The second kappa shape index (κ2) is 4.34. The molecule has 0 amide bonds. The third kappa shape index (κ3) is 2.09. The number of carbonyl (C=O) groups is 1. The lowest BCUT2D eigenvalue weighted by Gasteiger charge is -2.03. The van der Waals surface area contributed by atoms with E-state index in [9.17, 15) is 9.90 Å². The van der Waals surface area contributed by atoms with Crippen molar-refractivity contribution < 1.29 is 9.90 Å². The summed E-state index contributed by atoms with van der Waals surface area (Å²) in [5.41, 5.74) is 0.695. The summed E-state index contributed by atoms with van der Waals surface area (Å²) < 4.78 is 3.30. The molecule has 2 aromatic rings. The number of aryl methyl sites for hydroxylation is 2. The fourth-order valence-electron chi connectivity index (χ4n) is 1.89. The van der Waals surface area contributed by atoms with Crippen LogP contribution >= 0.6 is 11.8 Å². The quantitative estimate of drug-likeness (QED) is 0.888. The highest BCUT2D eigenvalue weighted by Crippen LogP contribution is 2.38. The zero-order valence-electron chi connectivity index (χ0n) is 10.4. The smallest absolute Gasteiger partial charge is 0.340 e. The Hall–Kier alpha value is -1.90. The number of nitrogens with zero attached hydrogens (tertiary/aromatic N) is 6. The molecule has 1 aliphatic rings. The minimum atomic E-state index is -0.987. The Bertz CT molecular complexity index is 644. The summed E-state index contributed by atoms with van der Waals surface area (Å²) in [5.74, 6) is -0.987. The standard InChI is InChI=1S/C10H12N6O2S/c1-5-7(9(17)18)8(15(2)12-5)19-10-11-13-14-16(10)6-3-4-6/h6H,3-4H2,1-2H3,(H,17,18). The van der Waals surface area contributed by atoms with Gasteiger partial charge >= 0.3 is 5.97 Å². The van der Waals surface area contributed by atoms with E-state index in [2.05, 4.69) is 20.6 Å². The summed E-state index contributed by atoms with van der Waals surface area (Å²) in [4.78, 5) is 11.3. The molecular formula is C10H12N6O2S. The molecule has 0 aromatic carbocycles. The van der Waals surface area contributed by atoms with Gasteiger partial charge in [0, 0.05) is 7.05 Å². The molecule has 2 aromatic heterocycles. The molecular weight excluding hydrogens is 268 g/mol. The van der Waals surface area contributed by atoms with E-state index in [-0.39, 0.29) is 5.56 Å². The molecule has 19 heavy (non-hydrogen) atoms. The Morgan fingerprint density at radius 2 is 2.21 bits per heavy atom. The fourth-order valence-corrected chi connectivity index (χ4v) is 2.93. The van der Waals surface area contributed by atoms with Gasteiger partial charge in [-0.1, -0.05) is 0 Å². The predicted octanol–water partition coefficient (Wildman–Crippen LogP) is 0.899. The van der Waals surface area contributed by atoms with Crippen molar-refractivity contribution in [2.24, 2.45) is 7.05 Å². The second-order valence-electron chi connectivity index (χ2n) is 4.43. The molecule has 1 aliphatic carbocycles. The van der Waals surface area contributed by atoms with Crippen LogP contribution < -0.4 is 0 Å². The van der Waals surface area contributed by atoms with E-state index in [1.807, 2.05) is 0 Å². The largest absolute Gasteiger partial charge is 0.478 e. The molecule has 2 heterocycles. The van der Waals surface area contributed by atoms with Crippen molar-refractivity contribution in [1.82, 2.24) is 30.0 Å². The Morgan fingerprint density at radius 1 is 1.47 bits per heavy atom. The minimum absolute atomic E-state index is 0.206. The topological polar surface area (TPSA) is 98.7 Å². The predicted molar refractivity (Wildman–Crippen MR) is 65.1 cm³/mol. The van der Waals surface area contributed by atoms with Gasteiger partial charge in [0.2, 0.25) is 5.16 Å². The molecule has 1 N–H and O–H groups in total. The Balaban J connectivity index is 1.98. The molecule has 100 valence electrons. The van der Waals surface area contributed by atoms with Crippen molar-refractivity contribution in [2.45, 2.75) is 36.0 Å². The van der Waals surface area contributed by atoms with Gasteiger partial charge in [-0.2, -0.15) is 5.10 Å². The van der Waals surface area contributed by atoms with Crippen LogP contribution in [0.2, 0.25) is 0 Å². The molecule has 3 rings (SSSR count). The molecule has 0 saturated heterocycles. The fraction of sp³-hybridized carbons (Fsp3) is 0.500. The number of hydrogen-bond donors (Lipinski definition) is 1. The van der Waals surface area contributed by atoms with Crippen molar-refractivity contribution in [2.75, 3.05) is 0 Å². The van der Waals surface area contributed by atoms with Crippen LogP contribution in [0.5, 0.6) is 0 Å². The van der Waals surface area contributed by atoms with E-state index in [1.54, 1.807) is 23.3 Å². The van der Waals surface area contributed by atoms with Crippen molar-refractivity contribution in [3.63, 3.8) is 0 Å². The van der Waals surface area contributed by atoms with Crippen LogP contribution in [-0.4, -0.2) is 41.1 Å². The van der Waals surface area contributed by atoms with Crippen LogP contribution in [0.25, 0.3) is 0 Å². The van der Waals surface area contributed by atoms with Gasteiger partial charge < -0.3 is 5.11 Å². The third-order valence-electron chi connectivity index (χ3n) is 2.93. The van der Waals surface area contributed by atoms with Crippen LogP contribution in [0.1, 0.15) is 34.9 Å². The second-order valence-corrected chi connectivity index (χ2v) is 5.39. The first-order valence-electron chi connectivity index (χ1n) is 5.80. The summed E-state index contributed by atoms with van der Waals surface area (Å²) in [5, 5.41) is 26.1. The molecule has 8 nitrogen and oxygen atoms in total. The number of carboxylic acids is 1. The van der Waals surface area contributed by atoms with Crippen LogP contribution in [0.4, 0.5) is 0 Å². The lowest BCUT2D eigenvalue weighted by atomic mass is 10.3. The van der Waals surface area contributed by atoms with Crippen molar-refractivity contribution in [3.8, 4) is 0 Å². The first-order chi connectivity index (χ1) is 9.08. The molecule has 0 spiro atoms. The highest BCUT2D eigenvalue weighted by molar-refractivity contribution is 7.99. The zero-order chi connectivity index (χ0) is 13.6. The Kier molecular flexibility index (Phi) is 2.77. The zero-order valence-corrected chi connectivity index (χ0v) is 11.3. The molecule has 0 bridgehead atoms. The Labute approximate surface area is 112 Å². The van der Waals surface area contributed by atoms with Gasteiger partial charge in [0.15, 0.2) is 0 Å². The van der Waals surface area contributed by atoms with Gasteiger partial charge in [-0.15, -0.1) is 5.10 Å². The van der Waals surface area contributed by atoms with Crippen molar-refractivity contribution in [1.29, 1.82) is 0 Å². The van der Waals surface area contributed by atoms with Gasteiger partial charge in [-0.25, -0.2) is 9.48 Å². The number of carboxylic acid groups (broad SMARTS) is 1. The van der Waals surface area contributed by atoms with Crippen LogP contribution in [0.3, 0.4) is 0 Å². The van der Waals surface area contributed by atoms with Crippen LogP contribution in [0, 0.1) is 6.92 Å². The first-order valence-corrected chi connectivity index (χ1v) is 6.62.